The number of rotatable bonds is 10. The Bertz CT molecular complexity index is 2030. The number of carbonyl (C=O) groups is 3. The Morgan fingerprint density at radius 1 is 1.04 bits per heavy atom. The number of aromatic nitrogens is 3. The highest BCUT2D eigenvalue weighted by atomic mass is 35.5. The number of pyridine rings is 1. The van der Waals surface area contributed by atoms with Crippen LogP contribution in [0.1, 0.15) is 53.3 Å². The number of likely N-dealkylation sites (tertiary alicyclic amines) is 1. The third-order valence-electron chi connectivity index (χ3n) is 10.4. The van der Waals surface area contributed by atoms with Crippen LogP contribution in [0.25, 0.3) is 22.4 Å². The molecule has 5 heterocycles. The molecule has 272 valence electrons. The molecule has 0 radical (unpaired) electrons. The van der Waals surface area contributed by atoms with Gasteiger partial charge in [0.05, 0.1) is 46.8 Å². The van der Waals surface area contributed by atoms with Crippen LogP contribution in [0.4, 0.5) is 5.69 Å². The number of methoxy groups -OCH3 is 1. The van der Waals surface area contributed by atoms with Crippen LogP contribution >= 0.6 is 23.2 Å². The number of likely N-dealkylation sites (N-methyl/N-ethyl adjacent to an activating group) is 1. The summed E-state index contributed by atoms with van der Waals surface area (Å²) >= 11 is 14.0. The summed E-state index contributed by atoms with van der Waals surface area (Å²) in [5.74, 6) is 0.751. The van der Waals surface area contributed by atoms with E-state index in [1.54, 1.807) is 25.4 Å². The maximum Gasteiger partial charge on any atom is 0.291 e. The van der Waals surface area contributed by atoms with Gasteiger partial charge in [-0.25, -0.2) is 4.98 Å². The Labute approximate surface area is 312 Å². The highest BCUT2D eigenvalue weighted by Crippen LogP contribution is 2.41. The third-order valence-corrected chi connectivity index (χ3v) is 11.1. The number of hydrogen-bond acceptors (Lipinski definition) is 8. The minimum absolute atomic E-state index is 0.0932. The molecule has 0 aliphatic carbocycles. The predicted octanol–water partition coefficient (Wildman–Crippen LogP) is 5.06. The Hall–Kier alpha value is -4.49. The number of carbonyl (C=O) groups excluding carboxylic acids is 3. The second-order valence-electron chi connectivity index (χ2n) is 13.6. The molecule has 2 saturated heterocycles. The van der Waals surface area contributed by atoms with Gasteiger partial charge in [0, 0.05) is 79.7 Å². The number of amides is 3. The van der Waals surface area contributed by atoms with Gasteiger partial charge >= 0.3 is 0 Å². The first kappa shape index (κ1) is 35.9. The SMILES string of the molecule is COc1cc(-c2nccc(-c3cccc(NC(=O)c4nc5c(n4C)CCN(C(=O)[C@H]4CCCN4C)C5)c3Cl)c2Cl)ccc1CNC[C@@H]1CCC(=O)N1. The lowest BCUT2D eigenvalue weighted by molar-refractivity contribution is -0.136. The molecule has 7 rings (SSSR count). The lowest BCUT2D eigenvalue weighted by Crippen LogP contribution is -2.46. The van der Waals surface area contributed by atoms with Crippen LogP contribution in [0.2, 0.25) is 10.0 Å². The smallest absolute Gasteiger partial charge is 0.291 e. The number of nitrogens with zero attached hydrogens (tertiary/aromatic N) is 5. The zero-order valence-electron chi connectivity index (χ0n) is 29.5. The zero-order chi connectivity index (χ0) is 36.5. The topological polar surface area (TPSA) is 134 Å². The van der Waals surface area contributed by atoms with E-state index in [0.717, 1.165) is 48.3 Å². The van der Waals surface area contributed by atoms with Crippen molar-refractivity contribution in [2.24, 2.45) is 7.05 Å². The molecule has 4 aromatic rings. The van der Waals surface area contributed by atoms with Gasteiger partial charge in [-0.15, -0.1) is 0 Å². The molecule has 3 amide bonds. The summed E-state index contributed by atoms with van der Waals surface area (Å²) < 4.78 is 7.53. The summed E-state index contributed by atoms with van der Waals surface area (Å²) in [5, 5.41) is 10.1. The number of anilines is 1. The maximum atomic E-state index is 13.7. The number of hydrogen-bond donors (Lipinski definition) is 3. The van der Waals surface area contributed by atoms with Crippen LogP contribution in [0.3, 0.4) is 0 Å². The lowest BCUT2D eigenvalue weighted by Gasteiger charge is -2.31. The van der Waals surface area contributed by atoms with Crippen molar-refractivity contribution < 1.29 is 19.1 Å². The van der Waals surface area contributed by atoms with Gasteiger partial charge in [-0.05, 0) is 51.1 Å². The lowest BCUT2D eigenvalue weighted by atomic mass is 10.0. The monoisotopic (exact) mass is 744 g/mol. The van der Waals surface area contributed by atoms with Crippen molar-refractivity contribution in [3.8, 4) is 28.1 Å². The predicted molar refractivity (Wildman–Crippen MR) is 200 cm³/mol. The Morgan fingerprint density at radius 3 is 2.62 bits per heavy atom. The molecule has 2 aromatic carbocycles. The standard InChI is InChI=1S/C38H42Cl2N8O4/c1-46-16-5-8-30(46)38(51)48-17-14-29-28(21-48)44-36(47(29)2)37(50)45-27-7-4-6-25(33(27)39)26-13-15-42-35(34(26)40)22-9-10-23(31(18-22)52-3)19-41-20-24-11-12-32(49)43-24/h4,6-7,9-10,13,15,18,24,30,41H,5,8,11-12,14,16-17,19-21H2,1-3H3,(H,43,49)(H,45,50)/t24-,30+/m0/s1. The Balaban J connectivity index is 1.07. The van der Waals surface area contributed by atoms with Crippen LogP contribution in [0.15, 0.2) is 48.7 Å². The van der Waals surface area contributed by atoms with Crippen molar-refractivity contribution in [1.29, 1.82) is 0 Å². The first-order chi connectivity index (χ1) is 25.1. The minimum Gasteiger partial charge on any atom is -0.496 e. The number of halogens is 2. The number of fused-ring (bicyclic) bond motifs is 1. The van der Waals surface area contributed by atoms with Crippen molar-refractivity contribution in [3.05, 3.63) is 81.5 Å². The number of benzene rings is 2. The minimum atomic E-state index is -0.402. The van der Waals surface area contributed by atoms with E-state index in [2.05, 4.69) is 25.8 Å². The molecule has 52 heavy (non-hydrogen) atoms. The summed E-state index contributed by atoms with van der Waals surface area (Å²) in [6.07, 6.45) is 5.58. The molecule has 0 unspecified atom stereocenters. The third kappa shape index (κ3) is 7.12. The van der Waals surface area contributed by atoms with Gasteiger partial charge in [-0.1, -0.05) is 47.5 Å². The molecule has 3 N–H and O–H groups in total. The average Bonchev–Trinajstić information content (AvgIpc) is 3.86. The summed E-state index contributed by atoms with van der Waals surface area (Å²) in [7, 11) is 5.44. The van der Waals surface area contributed by atoms with Gasteiger partial charge in [-0.3, -0.25) is 24.3 Å². The normalized spacial score (nSPS) is 18.7. The van der Waals surface area contributed by atoms with Crippen molar-refractivity contribution >= 4 is 46.6 Å². The van der Waals surface area contributed by atoms with Gasteiger partial charge in [0.25, 0.3) is 5.91 Å². The first-order valence-electron chi connectivity index (χ1n) is 17.6. The molecule has 0 bridgehead atoms. The van der Waals surface area contributed by atoms with Gasteiger partial charge in [0.2, 0.25) is 11.8 Å². The maximum absolute atomic E-state index is 13.7. The summed E-state index contributed by atoms with van der Waals surface area (Å²) in [6, 6.07) is 13.0. The van der Waals surface area contributed by atoms with Crippen LogP contribution < -0.4 is 20.7 Å². The van der Waals surface area contributed by atoms with E-state index < -0.39 is 5.91 Å². The Morgan fingerprint density at radius 2 is 1.87 bits per heavy atom. The van der Waals surface area contributed by atoms with Gasteiger partial charge in [-0.2, -0.15) is 0 Å². The average molecular weight is 746 g/mol. The van der Waals surface area contributed by atoms with Gasteiger partial charge < -0.3 is 30.2 Å². The van der Waals surface area contributed by atoms with E-state index in [4.69, 9.17) is 32.9 Å². The second-order valence-corrected chi connectivity index (χ2v) is 14.4. The van der Waals surface area contributed by atoms with E-state index in [1.807, 2.05) is 53.9 Å². The van der Waals surface area contributed by atoms with Crippen molar-refractivity contribution in [1.82, 2.24) is 35.0 Å². The highest BCUT2D eigenvalue weighted by Gasteiger charge is 2.35. The molecule has 0 spiro atoms. The quantitative estimate of drug-likeness (QED) is 0.205. The van der Waals surface area contributed by atoms with Crippen LogP contribution in [0, 0.1) is 0 Å². The second kappa shape index (κ2) is 15.2. The molecule has 2 atom stereocenters. The van der Waals surface area contributed by atoms with Crippen LogP contribution in [-0.2, 0) is 36.1 Å². The molecule has 3 aliphatic rings. The highest BCUT2D eigenvalue weighted by molar-refractivity contribution is 6.39. The van der Waals surface area contributed by atoms with E-state index in [0.29, 0.717) is 77.3 Å². The number of nitrogens with one attached hydrogen (secondary N) is 3. The molecular formula is C38H42Cl2N8O4. The van der Waals surface area contributed by atoms with Crippen molar-refractivity contribution in [3.63, 3.8) is 0 Å². The van der Waals surface area contributed by atoms with Crippen LogP contribution in [0.5, 0.6) is 5.75 Å². The number of ether oxygens (including phenoxy) is 1. The zero-order valence-corrected chi connectivity index (χ0v) is 31.0. The largest absolute Gasteiger partial charge is 0.496 e. The fourth-order valence-electron chi connectivity index (χ4n) is 7.47. The van der Waals surface area contributed by atoms with Gasteiger partial charge in [0.15, 0.2) is 5.82 Å². The summed E-state index contributed by atoms with van der Waals surface area (Å²) in [4.78, 5) is 51.7. The van der Waals surface area contributed by atoms with E-state index in [-0.39, 0.29) is 29.7 Å². The Kier molecular flexibility index (Phi) is 10.5. The van der Waals surface area contributed by atoms with Gasteiger partial charge in [0.1, 0.15) is 5.75 Å². The first-order valence-corrected chi connectivity index (χ1v) is 18.3. The van der Waals surface area contributed by atoms with Crippen LogP contribution in [-0.4, -0.2) is 87.9 Å². The molecule has 3 aliphatic heterocycles. The molecule has 0 saturated carbocycles. The van der Waals surface area contributed by atoms with Crippen molar-refractivity contribution in [2.75, 3.05) is 39.1 Å². The van der Waals surface area contributed by atoms with Crippen molar-refractivity contribution in [2.45, 2.75) is 57.3 Å². The van der Waals surface area contributed by atoms with E-state index in [1.165, 1.54) is 0 Å². The molecular weight excluding hydrogens is 703 g/mol. The molecule has 2 fully saturated rings. The van der Waals surface area contributed by atoms with E-state index in [9.17, 15) is 14.4 Å². The molecule has 2 aromatic heterocycles. The molecule has 12 nitrogen and oxygen atoms in total. The summed E-state index contributed by atoms with van der Waals surface area (Å²) in [6.45, 7) is 3.15. The van der Waals surface area contributed by atoms with E-state index >= 15 is 0 Å². The molecule has 14 heteroatoms. The fourth-order valence-corrected chi connectivity index (χ4v) is 8.07. The number of imidazole rings is 1. The summed E-state index contributed by atoms with van der Waals surface area (Å²) in [5.41, 5.74) is 5.68. The fraction of sp³-hybridized carbons (Fsp3) is 0.395.